The molecule has 17 heavy (non-hydrogen) atoms. The summed E-state index contributed by atoms with van der Waals surface area (Å²) in [5.41, 5.74) is 7.53. The number of ketones is 1. The molecule has 0 fully saturated rings. The molecule has 86 valence electrons. The van der Waals surface area contributed by atoms with E-state index >= 15 is 0 Å². The van der Waals surface area contributed by atoms with Crippen molar-refractivity contribution in [3.05, 3.63) is 46.1 Å². The highest BCUT2D eigenvalue weighted by atomic mass is 16.1. The lowest BCUT2D eigenvalue weighted by molar-refractivity contribution is -0.119. The summed E-state index contributed by atoms with van der Waals surface area (Å²) in [6.45, 7) is 0. The summed E-state index contributed by atoms with van der Waals surface area (Å²) in [5, 5.41) is 0. The van der Waals surface area contributed by atoms with E-state index < -0.39 is 0 Å². The molecule has 0 aromatic heterocycles. The highest BCUT2D eigenvalue weighted by Crippen LogP contribution is 2.49. The van der Waals surface area contributed by atoms with Crippen LogP contribution in [-0.4, -0.2) is 5.78 Å². The third-order valence-corrected chi connectivity index (χ3v) is 4.59. The highest BCUT2D eigenvalue weighted by Gasteiger charge is 2.35. The van der Waals surface area contributed by atoms with Crippen molar-refractivity contribution < 1.29 is 4.79 Å². The van der Waals surface area contributed by atoms with E-state index in [1.807, 2.05) is 6.08 Å². The summed E-state index contributed by atoms with van der Waals surface area (Å²) in [7, 11) is 0. The average Bonchev–Trinajstić information content (AvgIpc) is 2.76. The molecule has 1 atom stereocenters. The minimum atomic E-state index is 0.0891. The third-order valence-electron chi connectivity index (χ3n) is 4.59. The van der Waals surface area contributed by atoms with Crippen LogP contribution in [-0.2, 0) is 4.79 Å². The van der Waals surface area contributed by atoms with Crippen LogP contribution in [0.25, 0.3) is 0 Å². The van der Waals surface area contributed by atoms with Gasteiger partial charge in [-0.25, -0.2) is 0 Å². The van der Waals surface area contributed by atoms with Crippen molar-refractivity contribution in [3.8, 4) is 0 Å². The van der Waals surface area contributed by atoms with Crippen LogP contribution in [0.5, 0.6) is 0 Å². The van der Waals surface area contributed by atoms with Gasteiger partial charge in [0.1, 0.15) is 5.78 Å². The number of allylic oxidation sites excluding steroid dienone is 8. The maximum absolute atomic E-state index is 12.0. The summed E-state index contributed by atoms with van der Waals surface area (Å²) in [6, 6.07) is 0. The number of fused-ring (bicyclic) bond motifs is 1. The molecule has 1 unspecified atom stereocenters. The van der Waals surface area contributed by atoms with E-state index in [1.165, 1.54) is 48.8 Å². The number of carbonyl (C=O) groups excluding carboxylic acids is 1. The van der Waals surface area contributed by atoms with Gasteiger partial charge >= 0.3 is 0 Å². The van der Waals surface area contributed by atoms with Crippen LogP contribution in [0.3, 0.4) is 0 Å². The Labute approximate surface area is 102 Å². The summed E-state index contributed by atoms with van der Waals surface area (Å²) >= 11 is 0. The van der Waals surface area contributed by atoms with Crippen molar-refractivity contribution in [2.24, 2.45) is 5.92 Å². The number of carbonyl (C=O) groups is 1. The Morgan fingerprint density at radius 3 is 3.00 bits per heavy atom. The second kappa shape index (κ2) is 3.32. The normalized spacial score (nSPS) is 30.5. The van der Waals surface area contributed by atoms with Crippen molar-refractivity contribution in [1.82, 2.24) is 0 Å². The lowest BCUT2D eigenvalue weighted by atomic mass is 9.73. The first kappa shape index (κ1) is 9.64. The minimum Gasteiger partial charge on any atom is -0.298 e. The third kappa shape index (κ3) is 1.23. The molecule has 0 aliphatic heterocycles. The van der Waals surface area contributed by atoms with Crippen molar-refractivity contribution in [1.29, 1.82) is 0 Å². The van der Waals surface area contributed by atoms with Gasteiger partial charge in [0, 0.05) is 6.42 Å². The summed E-state index contributed by atoms with van der Waals surface area (Å²) in [6.07, 6.45) is 13.3. The van der Waals surface area contributed by atoms with Crippen LogP contribution in [0, 0.1) is 5.92 Å². The van der Waals surface area contributed by atoms with Gasteiger partial charge in [-0.05, 0) is 54.4 Å². The number of rotatable bonds is 0. The number of Topliss-reactive ketones (excluding diaryl/α,β-unsaturated/α-hetero) is 1. The van der Waals surface area contributed by atoms with E-state index in [9.17, 15) is 4.79 Å². The Morgan fingerprint density at radius 2 is 2.06 bits per heavy atom. The topological polar surface area (TPSA) is 17.1 Å². The van der Waals surface area contributed by atoms with Gasteiger partial charge in [-0.1, -0.05) is 23.8 Å². The molecule has 1 nitrogen and oxygen atoms in total. The maximum atomic E-state index is 12.0. The molecule has 4 aliphatic carbocycles. The molecule has 0 amide bonds. The predicted molar refractivity (Wildman–Crippen MR) is 67.5 cm³/mol. The van der Waals surface area contributed by atoms with Gasteiger partial charge in [-0.15, -0.1) is 0 Å². The first-order valence-electron chi connectivity index (χ1n) is 6.70. The predicted octanol–water partition coefficient (Wildman–Crippen LogP) is 3.64. The highest BCUT2D eigenvalue weighted by molar-refractivity contribution is 5.91. The fourth-order valence-corrected chi connectivity index (χ4v) is 3.86. The summed E-state index contributed by atoms with van der Waals surface area (Å²) in [5.74, 6) is 0.478. The molecule has 0 aromatic carbocycles. The summed E-state index contributed by atoms with van der Waals surface area (Å²) < 4.78 is 0. The van der Waals surface area contributed by atoms with Crippen molar-refractivity contribution in [2.75, 3.05) is 0 Å². The van der Waals surface area contributed by atoms with Crippen molar-refractivity contribution in [2.45, 2.75) is 38.5 Å². The molecule has 4 rings (SSSR count). The Bertz CT molecular complexity index is 540. The van der Waals surface area contributed by atoms with Crippen LogP contribution < -0.4 is 0 Å². The quantitative estimate of drug-likeness (QED) is 0.614. The molecule has 0 N–H and O–H groups in total. The van der Waals surface area contributed by atoms with E-state index in [0.29, 0.717) is 12.2 Å². The second-order valence-corrected chi connectivity index (χ2v) is 5.51. The zero-order chi connectivity index (χ0) is 11.4. The van der Waals surface area contributed by atoms with E-state index in [2.05, 4.69) is 12.2 Å². The molecule has 0 aromatic rings. The average molecular weight is 224 g/mol. The molecule has 0 bridgehead atoms. The second-order valence-electron chi connectivity index (χ2n) is 5.51. The van der Waals surface area contributed by atoms with Gasteiger partial charge < -0.3 is 0 Å². The molecular formula is C16H16O. The Balaban J connectivity index is 1.97. The van der Waals surface area contributed by atoms with Gasteiger partial charge in [-0.3, -0.25) is 4.79 Å². The lowest BCUT2D eigenvalue weighted by Crippen LogP contribution is -2.22. The smallest absolute Gasteiger partial charge is 0.147 e. The van der Waals surface area contributed by atoms with Crippen LogP contribution in [0.2, 0.25) is 0 Å². The van der Waals surface area contributed by atoms with Crippen LogP contribution in [0.15, 0.2) is 46.1 Å². The van der Waals surface area contributed by atoms with E-state index in [-0.39, 0.29) is 5.92 Å². The van der Waals surface area contributed by atoms with Gasteiger partial charge in [-0.2, -0.15) is 0 Å². The molecule has 0 radical (unpaired) electrons. The van der Waals surface area contributed by atoms with Crippen LogP contribution in [0.1, 0.15) is 38.5 Å². The van der Waals surface area contributed by atoms with Gasteiger partial charge in [0.15, 0.2) is 0 Å². The van der Waals surface area contributed by atoms with Gasteiger partial charge in [0.25, 0.3) is 0 Å². The van der Waals surface area contributed by atoms with Crippen molar-refractivity contribution >= 4 is 5.78 Å². The monoisotopic (exact) mass is 224 g/mol. The largest absolute Gasteiger partial charge is 0.298 e. The SMILES string of the molecule is O=C1CC=CC2=C3CCCC4=C3C(=CC12)CC4. The Morgan fingerprint density at radius 1 is 1.12 bits per heavy atom. The van der Waals surface area contributed by atoms with Gasteiger partial charge in [0.05, 0.1) is 5.92 Å². The Kier molecular flexibility index (Phi) is 1.88. The number of hydrogen-bond acceptors (Lipinski definition) is 1. The number of hydrogen-bond donors (Lipinski definition) is 0. The van der Waals surface area contributed by atoms with E-state index in [1.54, 1.807) is 11.1 Å². The summed E-state index contributed by atoms with van der Waals surface area (Å²) in [4.78, 5) is 12.0. The zero-order valence-electron chi connectivity index (χ0n) is 9.96. The maximum Gasteiger partial charge on any atom is 0.147 e. The molecular weight excluding hydrogens is 208 g/mol. The molecule has 0 spiro atoms. The van der Waals surface area contributed by atoms with E-state index in [4.69, 9.17) is 0 Å². The fraction of sp³-hybridized carbons (Fsp3) is 0.438. The van der Waals surface area contributed by atoms with Crippen LogP contribution in [0.4, 0.5) is 0 Å². The Hall–Kier alpha value is -1.37. The zero-order valence-corrected chi connectivity index (χ0v) is 9.96. The van der Waals surface area contributed by atoms with Crippen molar-refractivity contribution in [3.63, 3.8) is 0 Å². The molecule has 1 heteroatoms. The first-order chi connectivity index (χ1) is 8.34. The fourth-order valence-electron chi connectivity index (χ4n) is 3.86. The standard InChI is InChI=1S/C16H16O/c17-15-6-2-4-12-13-5-1-3-10-7-8-11(16(10)13)9-14(12)15/h2,4,9,14H,1,3,5-8H2. The molecule has 0 saturated carbocycles. The van der Waals surface area contributed by atoms with E-state index in [0.717, 1.165) is 0 Å². The van der Waals surface area contributed by atoms with Crippen LogP contribution >= 0.6 is 0 Å². The van der Waals surface area contributed by atoms with Gasteiger partial charge in [0.2, 0.25) is 0 Å². The molecule has 0 heterocycles. The minimum absolute atomic E-state index is 0.0891. The molecule has 0 saturated heterocycles. The molecule has 4 aliphatic rings. The lowest BCUT2D eigenvalue weighted by Gasteiger charge is -2.30. The first-order valence-corrected chi connectivity index (χ1v) is 6.70.